The molecular formula is C27H38N4O. The molecule has 172 valence electrons. The zero-order chi connectivity index (χ0) is 22.5. The second-order valence-electron chi connectivity index (χ2n) is 9.78. The summed E-state index contributed by atoms with van der Waals surface area (Å²) < 4.78 is 2.26. The van der Waals surface area contributed by atoms with E-state index in [1.807, 2.05) is 18.2 Å². The molecule has 0 radical (unpaired) electrons. The van der Waals surface area contributed by atoms with Crippen LogP contribution in [-0.2, 0) is 11.3 Å². The Hall–Kier alpha value is -2.35. The number of amides is 1. The third kappa shape index (κ3) is 4.85. The van der Waals surface area contributed by atoms with Gasteiger partial charge in [0, 0.05) is 31.5 Å². The first-order valence-electron chi connectivity index (χ1n) is 12.8. The summed E-state index contributed by atoms with van der Waals surface area (Å²) in [5.41, 5.74) is 2.61. The molecule has 1 aromatic carbocycles. The summed E-state index contributed by atoms with van der Waals surface area (Å²) in [5.74, 6) is 2.67. The van der Waals surface area contributed by atoms with Crippen molar-refractivity contribution >= 4 is 16.9 Å². The molecule has 0 unspecified atom stereocenters. The summed E-state index contributed by atoms with van der Waals surface area (Å²) in [7, 11) is 0. The van der Waals surface area contributed by atoms with Crippen molar-refractivity contribution in [2.24, 2.45) is 5.92 Å². The van der Waals surface area contributed by atoms with Gasteiger partial charge < -0.3 is 9.47 Å². The highest BCUT2D eigenvalue weighted by atomic mass is 16.2. The Morgan fingerprint density at radius 3 is 2.53 bits per heavy atom. The minimum atomic E-state index is 0.262. The second-order valence-corrected chi connectivity index (χ2v) is 9.78. The van der Waals surface area contributed by atoms with Gasteiger partial charge in [-0.3, -0.25) is 4.79 Å². The van der Waals surface area contributed by atoms with Crippen molar-refractivity contribution in [1.29, 1.82) is 5.26 Å². The molecule has 2 aliphatic rings. The van der Waals surface area contributed by atoms with Gasteiger partial charge >= 0.3 is 0 Å². The summed E-state index contributed by atoms with van der Waals surface area (Å²) in [6.45, 7) is 5.84. The van der Waals surface area contributed by atoms with E-state index in [1.54, 1.807) is 0 Å². The Labute approximate surface area is 192 Å². The number of fused-ring (bicyclic) bond motifs is 1. The van der Waals surface area contributed by atoms with Crippen molar-refractivity contribution in [2.75, 3.05) is 6.54 Å². The number of benzene rings is 1. The minimum absolute atomic E-state index is 0.262. The lowest BCUT2D eigenvalue weighted by atomic mass is 9.80. The summed E-state index contributed by atoms with van der Waals surface area (Å²) in [4.78, 5) is 20.4. The van der Waals surface area contributed by atoms with Crippen LogP contribution < -0.4 is 0 Å². The fourth-order valence-corrected chi connectivity index (χ4v) is 5.97. The first-order chi connectivity index (χ1) is 15.6. The molecule has 2 aromatic rings. The number of rotatable bonds is 7. The zero-order valence-corrected chi connectivity index (χ0v) is 19.9. The average Bonchev–Trinajstić information content (AvgIpc) is 3.21. The van der Waals surface area contributed by atoms with Crippen LogP contribution in [0, 0.1) is 17.2 Å². The van der Waals surface area contributed by atoms with E-state index in [0.29, 0.717) is 30.5 Å². The lowest BCUT2D eigenvalue weighted by Crippen LogP contribution is -2.41. The lowest BCUT2D eigenvalue weighted by molar-refractivity contribution is -0.134. The summed E-state index contributed by atoms with van der Waals surface area (Å²) in [6.07, 6.45) is 12.7. The van der Waals surface area contributed by atoms with E-state index < -0.39 is 0 Å². The fraction of sp³-hybridized carbons (Fsp3) is 0.667. The maximum Gasteiger partial charge on any atom is 0.224 e. The van der Waals surface area contributed by atoms with Gasteiger partial charge in [0.05, 0.1) is 22.7 Å². The van der Waals surface area contributed by atoms with Gasteiger partial charge in [-0.15, -0.1) is 0 Å². The summed E-state index contributed by atoms with van der Waals surface area (Å²) in [5, 5.41) is 9.43. The molecule has 4 rings (SSSR count). The first-order valence-corrected chi connectivity index (χ1v) is 12.8. The van der Waals surface area contributed by atoms with E-state index in [0.717, 1.165) is 42.2 Å². The van der Waals surface area contributed by atoms with Gasteiger partial charge in [0.15, 0.2) is 0 Å². The van der Waals surface area contributed by atoms with Crippen molar-refractivity contribution in [3.63, 3.8) is 0 Å². The summed E-state index contributed by atoms with van der Waals surface area (Å²) in [6, 6.07) is 8.45. The molecule has 5 heteroatoms. The van der Waals surface area contributed by atoms with Gasteiger partial charge in [0.1, 0.15) is 5.82 Å². The maximum absolute atomic E-state index is 13.2. The third-order valence-electron chi connectivity index (χ3n) is 7.92. The monoisotopic (exact) mass is 434 g/mol. The van der Waals surface area contributed by atoms with Crippen LogP contribution in [0.15, 0.2) is 18.2 Å². The van der Waals surface area contributed by atoms with Crippen molar-refractivity contribution in [2.45, 2.75) is 103 Å². The molecule has 1 aromatic heterocycles. The van der Waals surface area contributed by atoms with Gasteiger partial charge in [-0.1, -0.05) is 32.6 Å². The molecule has 0 bridgehead atoms. The second kappa shape index (κ2) is 10.5. The van der Waals surface area contributed by atoms with E-state index in [4.69, 9.17) is 4.98 Å². The van der Waals surface area contributed by atoms with Crippen LogP contribution in [0.4, 0.5) is 0 Å². The maximum atomic E-state index is 13.2. The van der Waals surface area contributed by atoms with E-state index in [1.165, 1.54) is 51.4 Å². The van der Waals surface area contributed by atoms with E-state index >= 15 is 0 Å². The number of imidazole rings is 1. The zero-order valence-electron chi connectivity index (χ0n) is 19.9. The standard InChI is InChI=1S/C27H38N4O/c1-3-20-10-13-22(14-11-20)27-29-24-15-12-21(19-28)18-25(24)31(27)17-16-26(32)30(4-2)23-8-6-5-7-9-23/h12,15,18,20,22-23H,3-11,13-14,16-17H2,1-2H3. The normalized spacial score (nSPS) is 22.0. The number of aromatic nitrogens is 2. The topological polar surface area (TPSA) is 61.9 Å². The van der Waals surface area contributed by atoms with E-state index in [9.17, 15) is 10.1 Å². The molecule has 5 nitrogen and oxygen atoms in total. The molecule has 0 spiro atoms. The fourth-order valence-electron chi connectivity index (χ4n) is 5.97. The van der Waals surface area contributed by atoms with Crippen molar-refractivity contribution < 1.29 is 4.79 Å². The highest BCUT2D eigenvalue weighted by Crippen LogP contribution is 2.38. The Morgan fingerprint density at radius 2 is 1.88 bits per heavy atom. The molecular weight excluding hydrogens is 396 g/mol. The highest BCUT2D eigenvalue weighted by molar-refractivity contribution is 5.79. The van der Waals surface area contributed by atoms with Gasteiger partial charge in [-0.25, -0.2) is 4.98 Å². The number of carbonyl (C=O) groups excluding carboxylic acids is 1. The van der Waals surface area contributed by atoms with Crippen LogP contribution in [0.2, 0.25) is 0 Å². The quantitative estimate of drug-likeness (QED) is 0.524. The van der Waals surface area contributed by atoms with Gasteiger partial charge in [0.25, 0.3) is 0 Å². The number of nitriles is 1. The highest BCUT2D eigenvalue weighted by Gasteiger charge is 2.28. The molecule has 2 fully saturated rings. The molecule has 32 heavy (non-hydrogen) atoms. The molecule has 0 atom stereocenters. The van der Waals surface area contributed by atoms with E-state index in [-0.39, 0.29) is 5.91 Å². The number of carbonyl (C=O) groups is 1. The molecule has 2 aliphatic carbocycles. The van der Waals surface area contributed by atoms with Crippen molar-refractivity contribution in [1.82, 2.24) is 14.5 Å². The Bertz CT molecular complexity index is 958. The SMILES string of the molecule is CCC1CCC(c2nc3ccc(C#N)cc3n2CCC(=O)N(CC)C2CCCCC2)CC1. The van der Waals surface area contributed by atoms with E-state index in [2.05, 4.69) is 29.4 Å². The molecule has 0 N–H and O–H groups in total. The van der Waals surface area contributed by atoms with Crippen LogP contribution in [0.5, 0.6) is 0 Å². The predicted molar refractivity (Wildman–Crippen MR) is 128 cm³/mol. The predicted octanol–water partition coefficient (Wildman–Crippen LogP) is 6.16. The molecule has 0 aliphatic heterocycles. The minimum Gasteiger partial charge on any atom is -0.340 e. The van der Waals surface area contributed by atoms with Crippen molar-refractivity contribution in [3.05, 3.63) is 29.6 Å². The Kier molecular flexibility index (Phi) is 7.50. The largest absolute Gasteiger partial charge is 0.340 e. The first kappa shape index (κ1) is 22.8. The van der Waals surface area contributed by atoms with Gasteiger partial charge in [-0.05, 0) is 69.6 Å². The molecule has 0 saturated heterocycles. The van der Waals surface area contributed by atoms with Crippen LogP contribution in [-0.4, -0.2) is 32.9 Å². The Morgan fingerprint density at radius 1 is 1.12 bits per heavy atom. The van der Waals surface area contributed by atoms with Crippen LogP contribution >= 0.6 is 0 Å². The van der Waals surface area contributed by atoms with Gasteiger partial charge in [0.2, 0.25) is 5.91 Å². The average molecular weight is 435 g/mol. The van der Waals surface area contributed by atoms with Crippen LogP contribution in [0.1, 0.15) is 102 Å². The molecule has 1 amide bonds. The van der Waals surface area contributed by atoms with Crippen molar-refractivity contribution in [3.8, 4) is 6.07 Å². The lowest BCUT2D eigenvalue weighted by Gasteiger charge is -2.34. The molecule has 2 saturated carbocycles. The van der Waals surface area contributed by atoms with Crippen LogP contribution in [0.25, 0.3) is 11.0 Å². The number of nitrogens with zero attached hydrogens (tertiary/aromatic N) is 4. The van der Waals surface area contributed by atoms with Crippen LogP contribution in [0.3, 0.4) is 0 Å². The number of hydrogen-bond donors (Lipinski definition) is 0. The third-order valence-corrected chi connectivity index (χ3v) is 7.92. The molecule has 1 heterocycles. The number of hydrogen-bond acceptors (Lipinski definition) is 3. The summed E-state index contributed by atoms with van der Waals surface area (Å²) >= 11 is 0. The smallest absolute Gasteiger partial charge is 0.224 e. The van der Waals surface area contributed by atoms with Gasteiger partial charge in [-0.2, -0.15) is 5.26 Å². The number of aryl methyl sites for hydroxylation is 1. The Balaban J connectivity index is 1.57.